The van der Waals surface area contributed by atoms with Crippen LogP contribution in [0.1, 0.15) is 46.4 Å². The van der Waals surface area contributed by atoms with Crippen LogP contribution in [0.5, 0.6) is 5.75 Å². The van der Waals surface area contributed by atoms with Gasteiger partial charge in [-0.2, -0.15) is 10.2 Å². The van der Waals surface area contributed by atoms with E-state index in [2.05, 4.69) is 20.0 Å². The van der Waals surface area contributed by atoms with E-state index in [9.17, 15) is 18.9 Å². The Morgan fingerprint density at radius 3 is 2.34 bits per heavy atom. The number of ether oxygens (including phenoxy) is 5. The van der Waals surface area contributed by atoms with Gasteiger partial charge in [-0.25, -0.2) is 20.6 Å². The lowest BCUT2D eigenvalue weighted by Gasteiger charge is -2.29. The van der Waals surface area contributed by atoms with Gasteiger partial charge in [0, 0.05) is 0 Å². The molecule has 2 aliphatic rings. The number of fused-ring (bicyclic) bond motifs is 1. The van der Waals surface area contributed by atoms with Crippen LogP contribution in [0.15, 0.2) is 48.8 Å². The molecule has 50 heavy (non-hydrogen) atoms. The van der Waals surface area contributed by atoms with Crippen molar-refractivity contribution in [1.29, 1.82) is 0 Å². The monoisotopic (exact) mass is 714 g/mol. The molecule has 0 unspecified atom stereocenters. The molecule has 0 saturated carbocycles. The molecule has 2 aromatic heterocycles. The average molecular weight is 715 g/mol. The Morgan fingerprint density at radius 1 is 1.04 bits per heavy atom. The van der Waals surface area contributed by atoms with E-state index in [1.165, 1.54) is 29.9 Å². The summed E-state index contributed by atoms with van der Waals surface area (Å²) in [7, 11) is -4.56. The van der Waals surface area contributed by atoms with Crippen LogP contribution in [0.3, 0.4) is 0 Å². The molecule has 268 valence electrons. The number of hydrogen-bond acceptors (Lipinski definition) is 14. The lowest BCUT2D eigenvalue weighted by Crippen LogP contribution is -2.49. The van der Waals surface area contributed by atoms with Gasteiger partial charge in [-0.15, -0.1) is 0 Å². The number of nitrogens with two attached hydrogens (primary N) is 1. The number of nitrogen functional groups attached to an aromatic ring is 1. The molecule has 17 nitrogen and oxygen atoms in total. The molecule has 2 saturated heterocycles. The first kappa shape index (κ1) is 36.7. The highest BCUT2D eigenvalue weighted by atomic mass is 31.2. The molecule has 0 amide bonds. The maximum atomic E-state index is 14.4. The van der Waals surface area contributed by atoms with Gasteiger partial charge < -0.3 is 29.2 Å². The zero-order valence-electron chi connectivity index (χ0n) is 28.1. The van der Waals surface area contributed by atoms with Gasteiger partial charge in [-0.1, -0.05) is 45.9 Å². The van der Waals surface area contributed by atoms with E-state index in [0.717, 1.165) is 0 Å². The number of carbonyl (C=O) groups is 3. The molecule has 18 heteroatoms. The number of carbonyl (C=O) groups excluding carboxylic acids is 3. The third-order valence-electron chi connectivity index (χ3n) is 7.81. The minimum Gasteiger partial charge on any atom is -0.456 e. The van der Waals surface area contributed by atoms with Gasteiger partial charge in [0.25, 0.3) is 0 Å². The summed E-state index contributed by atoms with van der Waals surface area (Å²) in [5.41, 5.74) is 4.46. The number of benzene rings is 1. The second-order valence-electron chi connectivity index (χ2n) is 12.4. The van der Waals surface area contributed by atoms with E-state index in [-0.39, 0.29) is 30.5 Å². The second kappa shape index (κ2) is 15.1. The van der Waals surface area contributed by atoms with E-state index in [4.69, 9.17) is 45.0 Å². The quantitative estimate of drug-likeness (QED) is 0.106. The van der Waals surface area contributed by atoms with Gasteiger partial charge in [0.15, 0.2) is 18.5 Å². The van der Waals surface area contributed by atoms with Crippen molar-refractivity contribution in [3.8, 4) is 5.75 Å². The molecular formula is C32H39N6O11P. The Morgan fingerprint density at radius 2 is 1.72 bits per heavy atom. The number of rotatable bonds is 14. The number of aromatic nitrogens is 3. The highest BCUT2D eigenvalue weighted by Gasteiger charge is 2.67. The van der Waals surface area contributed by atoms with Crippen LogP contribution in [0.2, 0.25) is 0 Å². The average Bonchev–Trinajstić information content (AvgIpc) is 3.62. The molecule has 4 heterocycles. The third-order valence-corrected chi connectivity index (χ3v) is 9.43. The normalized spacial score (nSPS) is 23.8. The SMILES string of the molecule is [C-]#[N+][C@]1(CO[P@@](=O)(N[C@@H](C)C(=O)OC2COC2)Oc2ccccc2)O[C@@H](c2ccc3c(N)ncnn23)[C@H](OC(=O)C(C)C)[C@@H]1OC(=O)C(C)C. The van der Waals surface area contributed by atoms with Gasteiger partial charge in [0.2, 0.25) is 6.10 Å². The smallest absolute Gasteiger partial charge is 0.456 e. The molecule has 3 aromatic rings. The lowest BCUT2D eigenvalue weighted by atomic mass is 10.0. The first-order valence-electron chi connectivity index (χ1n) is 15.9. The van der Waals surface area contributed by atoms with Crippen LogP contribution < -0.4 is 15.3 Å². The molecular weight excluding hydrogens is 675 g/mol. The summed E-state index contributed by atoms with van der Waals surface area (Å²) in [6, 6.07) is 9.99. The van der Waals surface area contributed by atoms with Crippen LogP contribution in [-0.4, -0.2) is 82.4 Å². The first-order chi connectivity index (χ1) is 23.8. The number of esters is 3. The van der Waals surface area contributed by atoms with Gasteiger partial charge in [-0.3, -0.25) is 28.5 Å². The van der Waals surface area contributed by atoms with Gasteiger partial charge in [0.05, 0.1) is 30.7 Å². The Bertz CT molecular complexity index is 1790. The molecule has 0 bridgehead atoms. The predicted molar refractivity (Wildman–Crippen MR) is 174 cm³/mol. The Kier molecular flexibility index (Phi) is 11.1. The molecule has 0 spiro atoms. The summed E-state index contributed by atoms with van der Waals surface area (Å²) >= 11 is 0. The maximum absolute atomic E-state index is 14.4. The standard InChI is InChI=1S/C32H39N6O11P/c1-18(2)29(39)46-26-25(23-12-13-24-28(33)35-17-36-38(23)24)48-32(34-6,27(26)47-30(40)19(3)4)16-44-50(42,49-21-10-8-7-9-11-21)37-20(5)31(41)45-22-14-43-15-22/h7-13,17-20,22,25-27H,14-16H2,1-5H3,(H,37,42)(H2,33,35,36)/t20-,25-,26-,27-,32+,50-/m0/s1. The van der Waals surface area contributed by atoms with E-state index < -0.39 is 80.3 Å². The van der Waals surface area contributed by atoms with Crippen molar-refractivity contribution in [2.24, 2.45) is 11.8 Å². The number of para-hydroxylation sites is 1. The van der Waals surface area contributed by atoms with Crippen molar-refractivity contribution >= 4 is 37.0 Å². The summed E-state index contributed by atoms with van der Waals surface area (Å²) < 4.78 is 56.0. The Labute approximate surface area is 288 Å². The lowest BCUT2D eigenvalue weighted by molar-refractivity contribution is -0.174. The summed E-state index contributed by atoms with van der Waals surface area (Å²) in [5.74, 6) is -3.18. The Hall–Kier alpha value is -4.59. The third kappa shape index (κ3) is 7.90. The number of hydrogen-bond donors (Lipinski definition) is 2. The number of nitrogens with zero attached hydrogens (tertiary/aromatic N) is 4. The molecule has 0 aliphatic carbocycles. The van der Waals surface area contributed by atoms with Crippen LogP contribution in [0.4, 0.5) is 5.82 Å². The topological polar surface area (TPSA) is 205 Å². The molecule has 6 atom stereocenters. The van der Waals surface area contributed by atoms with Crippen LogP contribution in [-0.2, 0) is 47.2 Å². The van der Waals surface area contributed by atoms with Crippen molar-refractivity contribution in [3.05, 3.63) is 65.9 Å². The van der Waals surface area contributed by atoms with Crippen molar-refractivity contribution in [3.63, 3.8) is 0 Å². The van der Waals surface area contributed by atoms with Crippen LogP contribution in [0.25, 0.3) is 10.4 Å². The summed E-state index contributed by atoms with van der Waals surface area (Å²) in [4.78, 5) is 46.8. The zero-order chi connectivity index (χ0) is 36.2. The number of nitrogens with one attached hydrogen (secondary N) is 1. The van der Waals surface area contributed by atoms with Crippen LogP contribution >= 0.6 is 7.75 Å². The molecule has 5 rings (SSSR count). The Balaban J connectivity index is 1.54. The fourth-order valence-corrected chi connectivity index (χ4v) is 6.48. The van der Waals surface area contributed by atoms with Gasteiger partial charge >= 0.3 is 31.4 Å². The molecule has 3 N–H and O–H groups in total. The van der Waals surface area contributed by atoms with E-state index in [0.29, 0.717) is 5.52 Å². The molecule has 0 radical (unpaired) electrons. The highest BCUT2D eigenvalue weighted by Crippen LogP contribution is 2.50. The molecule has 2 fully saturated rings. The first-order valence-corrected chi connectivity index (χ1v) is 17.4. The molecule has 1 aromatic carbocycles. The fourth-order valence-electron chi connectivity index (χ4n) is 4.97. The fraction of sp³-hybridized carbons (Fsp3) is 0.500. The predicted octanol–water partition coefficient (Wildman–Crippen LogP) is 3.26. The van der Waals surface area contributed by atoms with Gasteiger partial charge in [0.1, 0.15) is 35.8 Å². The van der Waals surface area contributed by atoms with Gasteiger partial charge in [-0.05, 0) is 31.2 Å². The largest absolute Gasteiger partial charge is 0.459 e. The van der Waals surface area contributed by atoms with E-state index in [1.807, 2.05) is 0 Å². The number of anilines is 1. The maximum Gasteiger partial charge on any atom is 0.459 e. The van der Waals surface area contributed by atoms with E-state index >= 15 is 0 Å². The van der Waals surface area contributed by atoms with Crippen molar-refractivity contribution < 1.29 is 51.7 Å². The van der Waals surface area contributed by atoms with Crippen molar-refractivity contribution in [2.75, 3.05) is 25.6 Å². The van der Waals surface area contributed by atoms with Crippen molar-refractivity contribution in [1.82, 2.24) is 19.7 Å². The van der Waals surface area contributed by atoms with E-state index in [1.54, 1.807) is 58.0 Å². The minimum atomic E-state index is -4.56. The second-order valence-corrected chi connectivity index (χ2v) is 14.1. The van der Waals surface area contributed by atoms with Crippen molar-refractivity contribution in [2.45, 2.75) is 70.8 Å². The minimum absolute atomic E-state index is 0.113. The summed E-state index contributed by atoms with van der Waals surface area (Å²) in [6.07, 6.45) is -3.55. The highest BCUT2D eigenvalue weighted by molar-refractivity contribution is 7.52. The van der Waals surface area contributed by atoms with Crippen LogP contribution in [0, 0.1) is 18.4 Å². The zero-order valence-corrected chi connectivity index (χ0v) is 29.0. The summed E-state index contributed by atoms with van der Waals surface area (Å²) in [5, 5.41) is 6.83. The summed E-state index contributed by atoms with van der Waals surface area (Å²) in [6.45, 7) is 15.7. The molecule has 2 aliphatic heterocycles.